The molecular formula is C19H30ClN3O2. The van der Waals surface area contributed by atoms with Crippen LogP contribution in [0.25, 0.3) is 0 Å². The van der Waals surface area contributed by atoms with Crippen LogP contribution in [0.2, 0.25) is 5.02 Å². The van der Waals surface area contributed by atoms with Crippen LogP contribution in [0, 0.1) is 5.41 Å². The number of halogens is 1. The summed E-state index contributed by atoms with van der Waals surface area (Å²) in [7, 11) is 1.58. The molecule has 0 atom stereocenters. The maximum Gasteiger partial charge on any atom is 0.238 e. The van der Waals surface area contributed by atoms with Crippen molar-refractivity contribution in [2.75, 3.05) is 51.7 Å². The van der Waals surface area contributed by atoms with Crippen molar-refractivity contribution in [3.63, 3.8) is 0 Å². The Hall–Kier alpha value is -1.30. The van der Waals surface area contributed by atoms with Crippen molar-refractivity contribution in [3.8, 4) is 5.75 Å². The molecule has 1 heterocycles. The molecule has 25 heavy (non-hydrogen) atoms. The largest absolute Gasteiger partial charge is 0.495 e. The van der Waals surface area contributed by atoms with Gasteiger partial charge < -0.3 is 15.0 Å². The third kappa shape index (κ3) is 6.84. The molecule has 1 aliphatic rings. The van der Waals surface area contributed by atoms with Gasteiger partial charge in [0.15, 0.2) is 0 Å². The summed E-state index contributed by atoms with van der Waals surface area (Å²) in [5.74, 6) is 0.577. The lowest BCUT2D eigenvalue weighted by molar-refractivity contribution is -0.117. The number of methoxy groups -OCH3 is 1. The van der Waals surface area contributed by atoms with Gasteiger partial charge in [-0.25, -0.2) is 0 Å². The van der Waals surface area contributed by atoms with Crippen LogP contribution in [0.4, 0.5) is 5.69 Å². The molecular weight excluding hydrogens is 338 g/mol. The van der Waals surface area contributed by atoms with E-state index in [1.165, 1.54) is 6.42 Å². The lowest BCUT2D eigenvalue weighted by Gasteiger charge is -2.35. The zero-order valence-electron chi connectivity index (χ0n) is 15.8. The molecule has 0 radical (unpaired) electrons. The van der Waals surface area contributed by atoms with E-state index < -0.39 is 0 Å². The Bertz CT molecular complexity index is 579. The Balaban J connectivity index is 1.78. The molecule has 0 unspecified atom stereocenters. The van der Waals surface area contributed by atoms with E-state index in [2.05, 4.69) is 35.9 Å². The van der Waals surface area contributed by atoms with Gasteiger partial charge >= 0.3 is 0 Å². The predicted octanol–water partition coefficient (Wildman–Crippen LogP) is 3.34. The molecule has 2 rings (SSSR count). The molecule has 0 saturated carbocycles. The molecule has 5 nitrogen and oxygen atoms in total. The zero-order chi connectivity index (χ0) is 18.4. The molecule has 1 saturated heterocycles. The Kier molecular flexibility index (Phi) is 7.11. The van der Waals surface area contributed by atoms with Gasteiger partial charge in [-0.3, -0.25) is 9.69 Å². The molecule has 140 valence electrons. The lowest BCUT2D eigenvalue weighted by atomic mass is 9.92. The molecule has 1 aromatic rings. The maximum atomic E-state index is 12.3. The van der Waals surface area contributed by atoms with Crippen LogP contribution >= 0.6 is 11.6 Å². The topological polar surface area (TPSA) is 44.8 Å². The Labute approximate surface area is 156 Å². The van der Waals surface area contributed by atoms with E-state index >= 15 is 0 Å². The number of piperazine rings is 1. The number of hydrogen-bond donors (Lipinski definition) is 1. The number of nitrogens with zero attached hydrogens (tertiary/aromatic N) is 2. The number of rotatable bonds is 6. The van der Waals surface area contributed by atoms with Gasteiger partial charge in [0.25, 0.3) is 0 Å². The van der Waals surface area contributed by atoms with Gasteiger partial charge in [0.1, 0.15) is 5.75 Å². The van der Waals surface area contributed by atoms with Crippen LogP contribution in [0.1, 0.15) is 27.2 Å². The SMILES string of the molecule is COc1ccc(Cl)cc1NC(=O)CN1CCN(CCC(C)(C)C)CC1. The van der Waals surface area contributed by atoms with Crippen molar-refractivity contribution in [2.45, 2.75) is 27.2 Å². The average Bonchev–Trinajstić information content (AvgIpc) is 2.53. The van der Waals surface area contributed by atoms with E-state index in [9.17, 15) is 4.79 Å². The van der Waals surface area contributed by atoms with E-state index in [0.29, 0.717) is 28.4 Å². The van der Waals surface area contributed by atoms with E-state index in [-0.39, 0.29) is 5.91 Å². The molecule has 1 aromatic carbocycles. The molecule has 1 N–H and O–H groups in total. The Morgan fingerprint density at radius 1 is 1.20 bits per heavy atom. The van der Waals surface area contributed by atoms with Crippen molar-refractivity contribution < 1.29 is 9.53 Å². The summed E-state index contributed by atoms with van der Waals surface area (Å²) in [6, 6.07) is 5.21. The number of ether oxygens (including phenoxy) is 1. The second kappa shape index (κ2) is 8.88. The molecule has 0 aromatic heterocycles. The minimum Gasteiger partial charge on any atom is -0.495 e. The van der Waals surface area contributed by atoms with Crippen molar-refractivity contribution in [1.82, 2.24) is 9.80 Å². The summed E-state index contributed by atoms with van der Waals surface area (Å²) in [6.07, 6.45) is 1.20. The minimum atomic E-state index is -0.0382. The summed E-state index contributed by atoms with van der Waals surface area (Å²) in [5, 5.41) is 3.47. The Morgan fingerprint density at radius 2 is 1.84 bits per heavy atom. The standard InChI is InChI=1S/C19H30ClN3O2/c1-19(2,3)7-8-22-9-11-23(12-10-22)14-18(24)21-16-13-15(20)5-6-17(16)25-4/h5-6,13H,7-12,14H2,1-4H3,(H,21,24). The quantitative estimate of drug-likeness (QED) is 0.837. The molecule has 0 bridgehead atoms. The third-order valence-electron chi connectivity index (χ3n) is 4.45. The van der Waals surface area contributed by atoms with Crippen LogP contribution in [0.5, 0.6) is 5.75 Å². The number of carbonyl (C=O) groups is 1. The lowest BCUT2D eigenvalue weighted by Crippen LogP contribution is -2.49. The fourth-order valence-corrected chi connectivity index (χ4v) is 3.01. The molecule has 0 spiro atoms. The summed E-state index contributed by atoms with van der Waals surface area (Å²) < 4.78 is 5.27. The summed E-state index contributed by atoms with van der Waals surface area (Å²) in [6.45, 7) is 12.2. The van der Waals surface area contributed by atoms with Gasteiger partial charge in [0.2, 0.25) is 5.91 Å². The highest BCUT2D eigenvalue weighted by molar-refractivity contribution is 6.31. The van der Waals surface area contributed by atoms with Gasteiger partial charge in [-0.1, -0.05) is 32.4 Å². The monoisotopic (exact) mass is 367 g/mol. The number of amides is 1. The molecule has 1 amide bonds. The third-order valence-corrected chi connectivity index (χ3v) is 4.68. The van der Waals surface area contributed by atoms with Crippen molar-refractivity contribution in [1.29, 1.82) is 0 Å². The van der Waals surface area contributed by atoms with Crippen LogP contribution < -0.4 is 10.1 Å². The maximum absolute atomic E-state index is 12.3. The van der Waals surface area contributed by atoms with Crippen molar-refractivity contribution in [3.05, 3.63) is 23.2 Å². The van der Waals surface area contributed by atoms with E-state index in [1.54, 1.807) is 25.3 Å². The molecule has 1 aliphatic heterocycles. The van der Waals surface area contributed by atoms with Gasteiger partial charge in [-0.15, -0.1) is 0 Å². The second-order valence-electron chi connectivity index (χ2n) is 7.82. The molecule has 1 fully saturated rings. The number of benzene rings is 1. The molecule has 6 heteroatoms. The minimum absolute atomic E-state index is 0.0382. The van der Waals surface area contributed by atoms with E-state index in [0.717, 1.165) is 32.7 Å². The highest BCUT2D eigenvalue weighted by atomic mass is 35.5. The zero-order valence-corrected chi connectivity index (χ0v) is 16.5. The smallest absolute Gasteiger partial charge is 0.238 e. The van der Waals surface area contributed by atoms with Gasteiger partial charge in [-0.05, 0) is 36.6 Å². The first-order valence-electron chi connectivity index (χ1n) is 8.85. The fourth-order valence-electron chi connectivity index (χ4n) is 2.84. The normalized spacial score (nSPS) is 16.7. The van der Waals surface area contributed by atoms with Crippen LogP contribution in [0.3, 0.4) is 0 Å². The predicted molar refractivity (Wildman–Crippen MR) is 104 cm³/mol. The summed E-state index contributed by atoms with van der Waals surface area (Å²) >= 11 is 6.00. The second-order valence-corrected chi connectivity index (χ2v) is 8.26. The first-order chi connectivity index (χ1) is 11.8. The first kappa shape index (κ1) is 20.0. The van der Waals surface area contributed by atoms with Crippen molar-refractivity contribution >= 4 is 23.2 Å². The number of anilines is 1. The summed E-state index contributed by atoms with van der Waals surface area (Å²) in [4.78, 5) is 17.0. The molecule has 0 aliphatic carbocycles. The first-order valence-corrected chi connectivity index (χ1v) is 9.23. The number of hydrogen-bond acceptors (Lipinski definition) is 4. The van der Waals surface area contributed by atoms with Crippen LogP contribution in [-0.4, -0.2) is 62.1 Å². The van der Waals surface area contributed by atoms with E-state index in [4.69, 9.17) is 16.3 Å². The van der Waals surface area contributed by atoms with Crippen LogP contribution in [-0.2, 0) is 4.79 Å². The van der Waals surface area contributed by atoms with Gasteiger partial charge in [-0.2, -0.15) is 0 Å². The number of carbonyl (C=O) groups excluding carboxylic acids is 1. The number of nitrogens with one attached hydrogen (secondary N) is 1. The van der Waals surface area contributed by atoms with Gasteiger partial charge in [0, 0.05) is 31.2 Å². The van der Waals surface area contributed by atoms with Crippen LogP contribution in [0.15, 0.2) is 18.2 Å². The van der Waals surface area contributed by atoms with Gasteiger partial charge in [0.05, 0.1) is 19.3 Å². The summed E-state index contributed by atoms with van der Waals surface area (Å²) in [5.41, 5.74) is 0.983. The Morgan fingerprint density at radius 3 is 2.44 bits per heavy atom. The van der Waals surface area contributed by atoms with E-state index in [1.807, 2.05) is 0 Å². The van der Waals surface area contributed by atoms with Crippen molar-refractivity contribution in [2.24, 2.45) is 5.41 Å². The highest BCUT2D eigenvalue weighted by Gasteiger charge is 2.21. The average molecular weight is 368 g/mol. The fraction of sp³-hybridized carbons (Fsp3) is 0.632. The highest BCUT2D eigenvalue weighted by Crippen LogP contribution is 2.27.